The molecule has 0 N–H and O–H groups in total. The van der Waals surface area contributed by atoms with Gasteiger partial charge in [-0.05, 0) is 17.9 Å². The van der Waals surface area contributed by atoms with Gasteiger partial charge in [-0.3, -0.25) is 9.59 Å². The number of esters is 2. The fraction of sp³-hybridized carbons (Fsp3) is 0.429. The van der Waals surface area contributed by atoms with Crippen molar-refractivity contribution >= 4 is 11.9 Å². The van der Waals surface area contributed by atoms with Gasteiger partial charge in [-0.2, -0.15) is 0 Å². The monoisotopic (exact) mass is 250 g/mol. The van der Waals surface area contributed by atoms with E-state index in [1.165, 1.54) is 14.2 Å². The summed E-state index contributed by atoms with van der Waals surface area (Å²) in [7, 11) is 2.54. The molecule has 1 atom stereocenters. The quantitative estimate of drug-likeness (QED) is 0.591. The van der Waals surface area contributed by atoms with Crippen LogP contribution < -0.4 is 0 Å². The van der Waals surface area contributed by atoms with Gasteiger partial charge >= 0.3 is 11.9 Å². The minimum atomic E-state index is -0.875. The molecule has 0 aliphatic rings. The molecule has 4 heteroatoms. The topological polar surface area (TPSA) is 52.6 Å². The fourth-order valence-electron chi connectivity index (χ4n) is 1.92. The lowest BCUT2D eigenvalue weighted by Crippen LogP contribution is -2.33. The first-order valence-electron chi connectivity index (χ1n) is 5.79. The minimum Gasteiger partial charge on any atom is -0.468 e. The van der Waals surface area contributed by atoms with Crippen LogP contribution in [0.5, 0.6) is 0 Å². The maximum atomic E-state index is 11.6. The fourth-order valence-corrected chi connectivity index (χ4v) is 1.92. The number of methoxy groups -OCH3 is 2. The van der Waals surface area contributed by atoms with Gasteiger partial charge in [0.15, 0.2) is 5.92 Å². The predicted octanol–water partition coefficient (Wildman–Crippen LogP) is 1.83. The number of rotatable bonds is 5. The predicted molar refractivity (Wildman–Crippen MR) is 66.8 cm³/mol. The molecule has 0 saturated carbocycles. The third kappa shape index (κ3) is 3.58. The van der Waals surface area contributed by atoms with E-state index in [1.54, 1.807) is 0 Å². The summed E-state index contributed by atoms with van der Waals surface area (Å²) in [6.45, 7) is 1.84. The smallest absolute Gasteiger partial charge is 0.320 e. The van der Waals surface area contributed by atoms with Crippen LogP contribution in [-0.4, -0.2) is 26.2 Å². The summed E-state index contributed by atoms with van der Waals surface area (Å²) >= 11 is 0. The van der Waals surface area contributed by atoms with Gasteiger partial charge in [-0.15, -0.1) is 0 Å². The molecule has 0 fully saturated rings. The molecule has 4 nitrogen and oxygen atoms in total. The van der Waals surface area contributed by atoms with Crippen LogP contribution in [0.15, 0.2) is 30.3 Å². The van der Waals surface area contributed by atoms with Gasteiger partial charge in [-0.1, -0.05) is 37.3 Å². The second kappa shape index (κ2) is 6.79. The maximum absolute atomic E-state index is 11.6. The first-order valence-corrected chi connectivity index (χ1v) is 5.79. The molecule has 0 aliphatic heterocycles. The van der Waals surface area contributed by atoms with Crippen LogP contribution in [-0.2, 0) is 25.5 Å². The van der Waals surface area contributed by atoms with E-state index in [1.807, 2.05) is 37.3 Å². The number of carbonyl (C=O) groups excluding carboxylic acids is 2. The van der Waals surface area contributed by atoms with Crippen molar-refractivity contribution in [3.05, 3.63) is 35.9 Å². The van der Waals surface area contributed by atoms with E-state index in [0.717, 1.165) is 5.56 Å². The molecule has 0 radical (unpaired) electrons. The largest absolute Gasteiger partial charge is 0.468 e. The van der Waals surface area contributed by atoms with E-state index in [9.17, 15) is 9.59 Å². The summed E-state index contributed by atoms with van der Waals surface area (Å²) < 4.78 is 9.31. The van der Waals surface area contributed by atoms with Crippen LogP contribution in [0.2, 0.25) is 0 Å². The summed E-state index contributed by atoms with van der Waals surface area (Å²) in [5, 5.41) is 0. The van der Waals surface area contributed by atoms with Crippen molar-refractivity contribution < 1.29 is 19.1 Å². The Morgan fingerprint density at radius 3 is 2.00 bits per heavy atom. The van der Waals surface area contributed by atoms with E-state index in [-0.39, 0.29) is 5.92 Å². The third-order valence-corrected chi connectivity index (χ3v) is 2.88. The molecule has 0 unspecified atom stereocenters. The number of ether oxygens (including phenoxy) is 2. The number of hydrogen-bond acceptors (Lipinski definition) is 4. The average molecular weight is 250 g/mol. The average Bonchev–Trinajstić information content (AvgIpc) is 2.39. The second-order valence-electron chi connectivity index (χ2n) is 4.19. The van der Waals surface area contributed by atoms with E-state index in [2.05, 4.69) is 9.47 Å². The molecule has 18 heavy (non-hydrogen) atoms. The van der Waals surface area contributed by atoms with Crippen molar-refractivity contribution in [2.45, 2.75) is 13.3 Å². The Labute approximate surface area is 107 Å². The van der Waals surface area contributed by atoms with Crippen molar-refractivity contribution in [3.8, 4) is 0 Å². The molecule has 1 aromatic carbocycles. The number of carbonyl (C=O) groups is 2. The van der Waals surface area contributed by atoms with Gasteiger partial charge in [-0.25, -0.2) is 0 Å². The lowest BCUT2D eigenvalue weighted by molar-refractivity contribution is -0.161. The van der Waals surface area contributed by atoms with Gasteiger partial charge in [0, 0.05) is 0 Å². The van der Waals surface area contributed by atoms with Crippen LogP contribution in [0.4, 0.5) is 0 Å². The summed E-state index contributed by atoms with van der Waals surface area (Å²) in [6, 6.07) is 9.69. The molecule has 0 aromatic heterocycles. The Balaban J connectivity index is 2.80. The molecule has 0 aliphatic carbocycles. The van der Waals surface area contributed by atoms with Crippen LogP contribution >= 0.6 is 0 Å². The van der Waals surface area contributed by atoms with E-state index in [4.69, 9.17) is 0 Å². The molecular weight excluding hydrogens is 232 g/mol. The van der Waals surface area contributed by atoms with Crippen molar-refractivity contribution in [2.24, 2.45) is 11.8 Å². The summed E-state index contributed by atoms with van der Waals surface area (Å²) in [5.74, 6) is -2.15. The molecule has 0 spiro atoms. The maximum Gasteiger partial charge on any atom is 0.320 e. The Bertz CT molecular complexity index is 384. The summed E-state index contributed by atoms with van der Waals surface area (Å²) in [4.78, 5) is 23.2. The summed E-state index contributed by atoms with van der Waals surface area (Å²) in [6.07, 6.45) is 0.621. The Morgan fingerprint density at radius 1 is 1.06 bits per heavy atom. The lowest BCUT2D eigenvalue weighted by Gasteiger charge is -2.19. The molecule has 0 bridgehead atoms. The number of benzene rings is 1. The van der Waals surface area contributed by atoms with Crippen LogP contribution in [0.1, 0.15) is 12.5 Å². The van der Waals surface area contributed by atoms with Crippen LogP contribution in [0.25, 0.3) is 0 Å². The van der Waals surface area contributed by atoms with Gasteiger partial charge < -0.3 is 9.47 Å². The molecule has 0 saturated heterocycles. The SMILES string of the molecule is COC(=O)C(C(=O)OC)[C@H](C)Cc1ccccc1. The molecule has 98 valence electrons. The highest BCUT2D eigenvalue weighted by molar-refractivity contribution is 5.95. The second-order valence-corrected chi connectivity index (χ2v) is 4.19. The van der Waals surface area contributed by atoms with Crippen LogP contribution in [0.3, 0.4) is 0 Å². The van der Waals surface area contributed by atoms with Gasteiger partial charge in [0.1, 0.15) is 0 Å². The highest BCUT2D eigenvalue weighted by Gasteiger charge is 2.34. The third-order valence-electron chi connectivity index (χ3n) is 2.88. The first-order chi connectivity index (χ1) is 8.60. The Kier molecular flexibility index (Phi) is 5.36. The van der Waals surface area contributed by atoms with Crippen molar-refractivity contribution in [1.82, 2.24) is 0 Å². The zero-order valence-electron chi connectivity index (χ0n) is 10.9. The highest BCUT2D eigenvalue weighted by atomic mass is 16.5. The standard InChI is InChI=1S/C14H18O4/c1-10(9-11-7-5-4-6-8-11)12(13(15)17-2)14(16)18-3/h4-8,10,12H,9H2,1-3H3/t10-/m1/s1. The highest BCUT2D eigenvalue weighted by Crippen LogP contribution is 2.20. The summed E-state index contributed by atoms with van der Waals surface area (Å²) in [5.41, 5.74) is 1.07. The lowest BCUT2D eigenvalue weighted by atomic mass is 9.88. The molecule has 1 aromatic rings. The number of hydrogen-bond donors (Lipinski definition) is 0. The van der Waals surface area contributed by atoms with Crippen molar-refractivity contribution in [2.75, 3.05) is 14.2 Å². The van der Waals surface area contributed by atoms with E-state index < -0.39 is 17.9 Å². The van der Waals surface area contributed by atoms with Crippen molar-refractivity contribution in [1.29, 1.82) is 0 Å². The van der Waals surface area contributed by atoms with Gasteiger partial charge in [0.2, 0.25) is 0 Å². The van der Waals surface area contributed by atoms with Crippen LogP contribution in [0, 0.1) is 11.8 Å². The molecule has 1 rings (SSSR count). The molecular formula is C14H18O4. The van der Waals surface area contributed by atoms with Crippen molar-refractivity contribution in [3.63, 3.8) is 0 Å². The van der Waals surface area contributed by atoms with Gasteiger partial charge in [0.05, 0.1) is 14.2 Å². The molecule has 0 heterocycles. The zero-order valence-corrected chi connectivity index (χ0v) is 10.9. The Morgan fingerprint density at radius 2 is 1.56 bits per heavy atom. The first kappa shape index (κ1) is 14.2. The van der Waals surface area contributed by atoms with E-state index >= 15 is 0 Å². The normalized spacial score (nSPS) is 12.0. The Hall–Kier alpha value is -1.84. The molecule has 0 amide bonds. The minimum absolute atomic E-state index is 0.174. The zero-order chi connectivity index (χ0) is 13.5. The van der Waals surface area contributed by atoms with Gasteiger partial charge in [0.25, 0.3) is 0 Å². The van der Waals surface area contributed by atoms with E-state index in [0.29, 0.717) is 6.42 Å².